The predicted molar refractivity (Wildman–Crippen MR) is 72.5 cm³/mol. The third-order valence-electron chi connectivity index (χ3n) is 2.38. The summed E-state index contributed by atoms with van der Waals surface area (Å²) in [6, 6.07) is 7.80. The number of aromatic hydroxyl groups is 1. The molecule has 3 nitrogen and oxygen atoms in total. The van der Waals surface area contributed by atoms with Gasteiger partial charge in [-0.1, -0.05) is 23.2 Å². The molecule has 0 bridgehead atoms. The second kappa shape index (κ2) is 5.47. The van der Waals surface area contributed by atoms with Crippen LogP contribution in [0.25, 0.3) is 0 Å². The van der Waals surface area contributed by atoms with Gasteiger partial charge in [0.1, 0.15) is 11.6 Å². The van der Waals surface area contributed by atoms with E-state index < -0.39 is 11.7 Å². The molecule has 0 aliphatic carbocycles. The van der Waals surface area contributed by atoms with Crippen LogP contribution < -0.4 is 5.32 Å². The lowest BCUT2D eigenvalue weighted by molar-refractivity contribution is 0.102. The Balaban J connectivity index is 2.28. The lowest BCUT2D eigenvalue weighted by Gasteiger charge is -2.08. The van der Waals surface area contributed by atoms with Crippen molar-refractivity contribution >= 4 is 34.8 Å². The minimum atomic E-state index is -0.657. The maximum Gasteiger partial charge on any atom is 0.259 e. The molecule has 0 aliphatic heterocycles. The molecule has 0 spiro atoms. The molecule has 2 aromatic carbocycles. The first-order chi connectivity index (χ1) is 8.97. The van der Waals surface area contributed by atoms with E-state index in [1.807, 2.05) is 0 Å². The van der Waals surface area contributed by atoms with Gasteiger partial charge in [0.15, 0.2) is 0 Å². The normalized spacial score (nSPS) is 10.3. The lowest BCUT2D eigenvalue weighted by atomic mass is 10.2. The molecule has 98 valence electrons. The van der Waals surface area contributed by atoms with Crippen LogP contribution in [0.5, 0.6) is 5.75 Å². The van der Waals surface area contributed by atoms with Crippen LogP contribution in [-0.4, -0.2) is 11.0 Å². The lowest BCUT2D eigenvalue weighted by Crippen LogP contribution is -2.13. The van der Waals surface area contributed by atoms with E-state index in [0.717, 1.165) is 6.07 Å². The zero-order chi connectivity index (χ0) is 14.0. The molecule has 2 aromatic rings. The predicted octanol–water partition coefficient (Wildman–Crippen LogP) is 4.09. The van der Waals surface area contributed by atoms with Crippen molar-refractivity contribution < 1.29 is 14.3 Å². The molecule has 0 heterocycles. The van der Waals surface area contributed by atoms with E-state index in [4.69, 9.17) is 23.2 Å². The number of phenols is 1. The number of halogens is 3. The average molecular weight is 300 g/mol. The first kappa shape index (κ1) is 13.6. The summed E-state index contributed by atoms with van der Waals surface area (Å²) >= 11 is 11.4. The zero-order valence-electron chi connectivity index (χ0n) is 9.45. The number of carbonyl (C=O) groups excluding carboxylic acids is 1. The van der Waals surface area contributed by atoms with E-state index >= 15 is 0 Å². The summed E-state index contributed by atoms with van der Waals surface area (Å²) < 4.78 is 13.5. The third-order valence-corrected chi connectivity index (χ3v) is 2.85. The van der Waals surface area contributed by atoms with Crippen molar-refractivity contribution in [3.05, 3.63) is 57.8 Å². The molecule has 0 aromatic heterocycles. The van der Waals surface area contributed by atoms with E-state index in [1.54, 1.807) is 0 Å². The van der Waals surface area contributed by atoms with E-state index in [0.29, 0.717) is 5.02 Å². The van der Waals surface area contributed by atoms with Crippen molar-refractivity contribution in [2.75, 3.05) is 5.32 Å². The largest absolute Gasteiger partial charge is 0.507 e. The molecule has 2 N–H and O–H groups in total. The van der Waals surface area contributed by atoms with Crippen LogP contribution in [0.15, 0.2) is 36.4 Å². The van der Waals surface area contributed by atoms with Crippen molar-refractivity contribution in [2.24, 2.45) is 0 Å². The van der Waals surface area contributed by atoms with Crippen molar-refractivity contribution in [3.63, 3.8) is 0 Å². The van der Waals surface area contributed by atoms with Crippen molar-refractivity contribution in [1.29, 1.82) is 0 Å². The summed E-state index contributed by atoms with van der Waals surface area (Å²) in [4.78, 5) is 11.9. The third kappa shape index (κ3) is 3.16. The number of anilines is 1. The quantitative estimate of drug-likeness (QED) is 0.877. The summed E-state index contributed by atoms with van der Waals surface area (Å²) in [7, 11) is 0. The number of carbonyl (C=O) groups is 1. The Hall–Kier alpha value is -1.78. The number of phenolic OH excluding ortho intramolecular Hbond substituents is 1. The molecule has 0 aliphatic rings. The number of benzene rings is 2. The minimum Gasteiger partial charge on any atom is -0.507 e. The van der Waals surface area contributed by atoms with Crippen molar-refractivity contribution in [1.82, 2.24) is 0 Å². The van der Waals surface area contributed by atoms with Gasteiger partial charge in [0, 0.05) is 10.0 Å². The minimum absolute atomic E-state index is 0.0104. The highest BCUT2D eigenvalue weighted by atomic mass is 35.5. The Kier molecular flexibility index (Phi) is 3.93. The van der Waals surface area contributed by atoms with Gasteiger partial charge in [-0.2, -0.15) is 0 Å². The number of amides is 1. The molecule has 0 saturated carbocycles. The monoisotopic (exact) mass is 299 g/mol. The standard InChI is InChI=1S/C13H8Cl2FNO2/c14-7-2-4-10(16)11(5-7)17-13(19)9-3-1-8(15)6-12(9)18/h1-6,18H,(H,17,19). The number of hydrogen-bond donors (Lipinski definition) is 2. The maximum atomic E-state index is 13.5. The molecule has 2 rings (SSSR count). The molecule has 19 heavy (non-hydrogen) atoms. The summed E-state index contributed by atoms with van der Waals surface area (Å²) in [5.74, 6) is -1.56. The van der Waals surface area contributed by atoms with Crippen LogP contribution in [0.1, 0.15) is 10.4 Å². The van der Waals surface area contributed by atoms with E-state index in [2.05, 4.69) is 5.32 Å². The summed E-state index contributed by atoms with van der Waals surface area (Å²) in [6.45, 7) is 0. The smallest absolute Gasteiger partial charge is 0.259 e. The fourth-order valence-electron chi connectivity index (χ4n) is 1.48. The first-order valence-electron chi connectivity index (χ1n) is 5.22. The molecule has 0 saturated heterocycles. The van der Waals surface area contributed by atoms with Crippen LogP contribution in [-0.2, 0) is 0 Å². The van der Waals surface area contributed by atoms with Gasteiger partial charge < -0.3 is 10.4 Å². The highest BCUT2D eigenvalue weighted by Gasteiger charge is 2.13. The van der Waals surface area contributed by atoms with Gasteiger partial charge in [-0.15, -0.1) is 0 Å². The highest BCUT2D eigenvalue weighted by Crippen LogP contribution is 2.24. The Morgan fingerprint density at radius 2 is 1.74 bits per heavy atom. The van der Waals surface area contributed by atoms with E-state index in [1.165, 1.54) is 30.3 Å². The number of rotatable bonds is 2. The molecule has 0 atom stereocenters. The summed E-state index contributed by atoms with van der Waals surface area (Å²) in [5.41, 5.74) is -0.0735. The van der Waals surface area contributed by atoms with Gasteiger partial charge in [-0.05, 0) is 36.4 Å². The number of hydrogen-bond acceptors (Lipinski definition) is 2. The van der Waals surface area contributed by atoms with Crippen LogP contribution >= 0.6 is 23.2 Å². The second-order valence-electron chi connectivity index (χ2n) is 3.74. The highest BCUT2D eigenvalue weighted by molar-refractivity contribution is 6.31. The first-order valence-corrected chi connectivity index (χ1v) is 5.98. The van der Waals surface area contributed by atoms with Gasteiger partial charge in [0.2, 0.25) is 0 Å². The number of nitrogens with one attached hydrogen (secondary N) is 1. The van der Waals surface area contributed by atoms with Crippen LogP contribution in [0, 0.1) is 5.82 Å². The van der Waals surface area contributed by atoms with Gasteiger partial charge in [-0.3, -0.25) is 4.79 Å². The van der Waals surface area contributed by atoms with Crippen LogP contribution in [0.4, 0.5) is 10.1 Å². The fraction of sp³-hybridized carbons (Fsp3) is 0. The SMILES string of the molecule is O=C(Nc1cc(Cl)ccc1F)c1ccc(Cl)cc1O. The molecule has 0 unspecified atom stereocenters. The maximum absolute atomic E-state index is 13.5. The molecular weight excluding hydrogens is 292 g/mol. The van der Waals surface area contributed by atoms with Crippen LogP contribution in [0.2, 0.25) is 10.0 Å². The van der Waals surface area contributed by atoms with Gasteiger partial charge in [0.25, 0.3) is 5.91 Å². The fourth-order valence-corrected chi connectivity index (χ4v) is 1.82. The zero-order valence-corrected chi connectivity index (χ0v) is 11.0. The van der Waals surface area contributed by atoms with Crippen molar-refractivity contribution in [2.45, 2.75) is 0 Å². The molecule has 0 radical (unpaired) electrons. The van der Waals surface area contributed by atoms with Crippen LogP contribution in [0.3, 0.4) is 0 Å². The Morgan fingerprint density at radius 1 is 1.11 bits per heavy atom. The molecule has 6 heteroatoms. The van der Waals surface area contributed by atoms with E-state index in [9.17, 15) is 14.3 Å². The topological polar surface area (TPSA) is 49.3 Å². The van der Waals surface area contributed by atoms with E-state index in [-0.39, 0.29) is 22.0 Å². The van der Waals surface area contributed by atoms with Gasteiger partial charge in [-0.25, -0.2) is 4.39 Å². The Morgan fingerprint density at radius 3 is 2.42 bits per heavy atom. The van der Waals surface area contributed by atoms with Gasteiger partial charge >= 0.3 is 0 Å². The molecular formula is C13H8Cl2FNO2. The summed E-state index contributed by atoms with van der Waals surface area (Å²) in [5, 5.41) is 12.5. The van der Waals surface area contributed by atoms with Crippen molar-refractivity contribution in [3.8, 4) is 5.75 Å². The Labute approximate surface area is 118 Å². The second-order valence-corrected chi connectivity index (χ2v) is 4.61. The van der Waals surface area contributed by atoms with Gasteiger partial charge in [0.05, 0.1) is 11.3 Å². The molecule has 1 amide bonds. The summed E-state index contributed by atoms with van der Waals surface area (Å²) in [6.07, 6.45) is 0. The Bertz CT molecular complexity index is 647. The average Bonchev–Trinajstić information content (AvgIpc) is 2.33. The molecule has 0 fully saturated rings.